The first-order chi connectivity index (χ1) is 9.11. The van der Waals surface area contributed by atoms with Crippen LogP contribution in [-0.2, 0) is 0 Å². The molecule has 5 nitrogen and oxygen atoms in total. The molecule has 2 N–H and O–H groups in total. The van der Waals surface area contributed by atoms with Gasteiger partial charge in [-0.2, -0.15) is 0 Å². The number of aromatic hydroxyl groups is 1. The van der Waals surface area contributed by atoms with E-state index in [0.717, 1.165) is 0 Å². The van der Waals surface area contributed by atoms with Gasteiger partial charge in [0.05, 0.1) is 6.61 Å². The molecule has 0 saturated carbocycles. The van der Waals surface area contributed by atoms with Crippen LogP contribution < -0.4 is 10.4 Å². The molecule has 1 aromatic carbocycles. The minimum absolute atomic E-state index is 0.0708. The van der Waals surface area contributed by atoms with Gasteiger partial charge in [-0.3, -0.25) is 0 Å². The van der Waals surface area contributed by atoms with Gasteiger partial charge in [-0.05, 0) is 30.5 Å². The molecular formula is C14H16O5. The molecule has 0 saturated heterocycles. The Hall–Kier alpha value is -2.01. The maximum absolute atomic E-state index is 11.2. The summed E-state index contributed by atoms with van der Waals surface area (Å²) < 4.78 is 10.6. The zero-order chi connectivity index (χ0) is 13.8. The van der Waals surface area contributed by atoms with E-state index in [1.807, 2.05) is 6.92 Å². The van der Waals surface area contributed by atoms with Crippen LogP contribution in [0.1, 0.15) is 13.3 Å². The topological polar surface area (TPSA) is 79.9 Å². The van der Waals surface area contributed by atoms with Crippen molar-refractivity contribution in [2.24, 2.45) is 5.92 Å². The van der Waals surface area contributed by atoms with Crippen molar-refractivity contribution in [3.05, 3.63) is 34.7 Å². The SMILES string of the molecule is C[C@H](CO)CCOc1c(O)ccc2ccc(=O)oc12. The molecule has 5 heteroatoms. The van der Waals surface area contributed by atoms with E-state index in [9.17, 15) is 9.90 Å². The van der Waals surface area contributed by atoms with Crippen LogP contribution in [0.15, 0.2) is 33.5 Å². The van der Waals surface area contributed by atoms with Gasteiger partial charge in [0.2, 0.25) is 5.75 Å². The smallest absolute Gasteiger partial charge is 0.336 e. The fourth-order valence-electron chi connectivity index (χ4n) is 1.69. The Morgan fingerprint density at radius 2 is 2.05 bits per heavy atom. The number of hydrogen-bond acceptors (Lipinski definition) is 5. The number of rotatable bonds is 5. The van der Waals surface area contributed by atoms with Crippen LogP contribution in [0.3, 0.4) is 0 Å². The summed E-state index contributed by atoms with van der Waals surface area (Å²) in [7, 11) is 0. The number of ether oxygens (including phenoxy) is 1. The van der Waals surface area contributed by atoms with Crippen molar-refractivity contribution in [1.29, 1.82) is 0 Å². The number of hydrogen-bond donors (Lipinski definition) is 2. The number of phenols is 1. The van der Waals surface area contributed by atoms with Crippen molar-refractivity contribution in [1.82, 2.24) is 0 Å². The fourth-order valence-corrected chi connectivity index (χ4v) is 1.69. The number of phenolic OH excluding ortho intramolecular Hbond substituents is 1. The second-order valence-electron chi connectivity index (χ2n) is 4.51. The molecule has 0 amide bonds. The maximum atomic E-state index is 11.2. The van der Waals surface area contributed by atoms with E-state index in [2.05, 4.69) is 0 Å². The highest BCUT2D eigenvalue weighted by Gasteiger charge is 2.12. The van der Waals surface area contributed by atoms with Crippen molar-refractivity contribution in [2.45, 2.75) is 13.3 Å². The molecule has 1 aromatic heterocycles. The minimum Gasteiger partial charge on any atom is -0.504 e. The zero-order valence-electron chi connectivity index (χ0n) is 10.6. The van der Waals surface area contributed by atoms with E-state index in [0.29, 0.717) is 18.4 Å². The molecular weight excluding hydrogens is 248 g/mol. The third kappa shape index (κ3) is 3.06. The fraction of sp³-hybridized carbons (Fsp3) is 0.357. The van der Waals surface area contributed by atoms with Crippen LogP contribution in [0.4, 0.5) is 0 Å². The van der Waals surface area contributed by atoms with Gasteiger partial charge in [-0.1, -0.05) is 6.92 Å². The predicted molar refractivity (Wildman–Crippen MR) is 70.5 cm³/mol. The summed E-state index contributed by atoms with van der Waals surface area (Å²) in [5, 5.41) is 19.4. The van der Waals surface area contributed by atoms with Gasteiger partial charge >= 0.3 is 5.63 Å². The Bertz CT molecular complexity index is 617. The van der Waals surface area contributed by atoms with E-state index in [1.165, 1.54) is 12.1 Å². The van der Waals surface area contributed by atoms with E-state index < -0.39 is 5.63 Å². The largest absolute Gasteiger partial charge is 0.504 e. The third-order valence-electron chi connectivity index (χ3n) is 2.89. The summed E-state index contributed by atoms with van der Waals surface area (Å²) in [5.74, 6) is 0.211. The zero-order valence-corrected chi connectivity index (χ0v) is 10.6. The van der Waals surface area contributed by atoms with Gasteiger partial charge in [-0.25, -0.2) is 4.79 Å². The number of benzene rings is 1. The van der Waals surface area contributed by atoms with Crippen LogP contribution in [0.2, 0.25) is 0 Å². The summed E-state index contributed by atoms with van der Waals surface area (Å²) in [4.78, 5) is 11.2. The van der Waals surface area contributed by atoms with Crippen LogP contribution in [0.25, 0.3) is 11.0 Å². The molecule has 0 bridgehead atoms. The van der Waals surface area contributed by atoms with Crippen molar-refractivity contribution in [3.63, 3.8) is 0 Å². The molecule has 1 atom stereocenters. The lowest BCUT2D eigenvalue weighted by molar-refractivity contribution is 0.200. The van der Waals surface area contributed by atoms with Crippen LogP contribution in [-0.4, -0.2) is 23.4 Å². The molecule has 0 aliphatic carbocycles. The summed E-state index contributed by atoms with van der Waals surface area (Å²) in [5.41, 5.74) is -0.254. The number of aliphatic hydroxyl groups excluding tert-OH is 1. The van der Waals surface area contributed by atoms with E-state index in [-0.39, 0.29) is 29.6 Å². The van der Waals surface area contributed by atoms with Gasteiger partial charge in [0.1, 0.15) is 0 Å². The molecule has 2 aromatic rings. The number of aliphatic hydroxyl groups is 1. The highest BCUT2D eigenvalue weighted by atomic mass is 16.5. The quantitative estimate of drug-likeness (QED) is 0.806. The molecule has 19 heavy (non-hydrogen) atoms. The summed E-state index contributed by atoms with van der Waals surface area (Å²) in [6.07, 6.45) is 0.642. The Balaban J connectivity index is 2.28. The first-order valence-corrected chi connectivity index (χ1v) is 6.11. The lowest BCUT2D eigenvalue weighted by atomic mass is 10.1. The first kappa shape index (κ1) is 13.4. The standard InChI is InChI=1S/C14H16O5/c1-9(8-15)6-7-18-14-11(16)4-2-10-3-5-12(17)19-13(10)14/h2-5,9,15-16H,6-8H2,1H3/t9-/m0/s1. The van der Waals surface area contributed by atoms with Crippen LogP contribution in [0.5, 0.6) is 11.5 Å². The Labute approximate surface area is 110 Å². The molecule has 102 valence electrons. The van der Waals surface area contributed by atoms with Gasteiger partial charge in [0.25, 0.3) is 0 Å². The van der Waals surface area contributed by atoms with E-state index in [4.69, 9.17) is 14.3 Å². The summed E-state index contributed by atoms with van der Waals surface area (Å²) >= 11 is 0. The number of fused-ring (bicyclic) bond motifs is 1. The molecule has 0 fully saturated rings. The Kier molecular flexibility index (Phi) is 4.06. The van der Waals surface area contributed by atoms with Gasteiger partial charge in [0, 0.05) is 18.1 Å². The predicted octanol–water partition coefficient (Wildman–Crippen LogP) is 1.90. The molecule has 2 rings (SSSR count). The van der Waals surface area contributed by atoms with Crippen LogP contribution >= 0.6 is 0 Å². The highest BCUT2D eigenvalue weighted by Crippen LogP contribution is 2.34. The van der Waals surface area contributed by atoms with Crippen molar-refractivity contribution in [2.75, 3.05) is 13.2 Å². The average molecular weight is 264 g/mol. The van der Waals surface area contributed by atoms with Gasteiger partial charge in [0.15, 0.2) is 11.3 Å². The molecule has 0 unspecified atom stereocenters. The maximum Gasteiger partial charge on any atom is 0.336 e. The van der Waals surface area contributed by atoms with Gasteiger partial charge < -0.3 is 19.4 Å². The monoisotopic (exact) mass is 264 g/mol. The van der Waals surface area contributed by atoms with Crippen molar-refractivity contribution >= 4 is 11.0 Å². The molecule has 0 radical (unpaired) electrons. The second-order valence-corrected chi connectivity index (χ2v) is 4.51. The Morgan fingerprint density at radius 3 is 2.79 bits per heavy atom. The highest BCUT2D eigenvalue weighted by molar-refractivity contribution is 5.84. The third-order valence-corrected chi connectivity index (χ3v) is 2.89. The summed E-state index contributed by atoms with van der Waals surface area (Å²) in [6, 6.07) is 6.07. The Morgan fingerprint density at radius 1 is 1.32 bits per heavy atom. The second kappa shape index (κ2) is 5.75. The average Bonchev–Trinajstić information content (AvgIpc) is 2.41. The summed E-state index contributed by atoms with van der Waals surface area (Å²) in [6.45, 7) is 2.30. The van der Waals surface area contributed by atoms with Crippen molar-refractivity contribution < 1.29 is 19.4 Å². The van der Waals surface area contributed by atoms with Gasteiger partial charge in [-0.15, -0.1) is 0 Å². The lowest BCUT2D eigenvalue weighted by Gasteiger charge is -2.11. The molecule has 1 heterocycles. The molecule has 0 spiro atoms. The minimum atomic E-state index is -0.494. The molecule has 0 aliphatic heterocycles. The van der Waals surface area contributed by atoms with E-state index >= 15 is 0 Å². The van der Waals surface area contributed by atoms with Crippen LogP contribution in [0, 0.1) is 5.92 Å². The van der Waals surface area contributed by atoms with Crippen molar-refractivity contribution in [3.8, 4) is 11.5 Å². The lowest BCUT2D eigenvalue weighted by Crippen LogP contribution is -2.08. The molecule has 0 aliphatic rings. The van der Waals surface area contributed by atoms with E-state index in [1.54, 1.807) is 12.1 Å². The first-order valence-electron chi connectivity index (χ1n) is 6.11. The normalized spacial score (nSPS) is 12.5.